The zero-order chi connectivity index (χ0) is 14.7. The number of rotatable bonds is 5. The van der Waals surface area contributed by atoms with Gasteiger partial charge in [-0.2, -0.15) is 5.10 Å². The van der Waals surface area contributed by atoms with Gasteiger partial charge in [-0.1, -0.05) is 6.92 Å². The maximum atomic E-state index is 5.77. The first-order valence-electron chi connectivity index (χ1n) is 6.48. The standard InChI is InChI=1S/C14H17Br2N3S/c1-3-11-14(16)12(19(4-2)18-11)8-20-13-6-5-9(17)7-10(13)15/h5-7H,3-4,8,17H2,1-2H3. The topological polar surface area (TPSA) is 43.8 Å². The third-order valence-electron chi connectivity index (χ3n) is 3.01. The largest absolute Gasteiger partial charge is 0.399 e. The van der Waals surface area contributed by atoms with Gasteiger partial charge in [0, 0.05) is 27.4 Å². The van der Waals surface area contributed by atoms with E-state index in [-0.39, 0.29) is 0 Å². The molecule has 2 N–H and O–H groups in total. The van der Waals surface area contributed by atoms with E-state index in [1.54, 1.807) is 11.8 Å². The van der Waals surface area contributed by atoms with Crippen LogP contribution < -0.4 is 5.73 Å². The molecule has 1 aromatic heterocycles. The maximum Gasteiger partial charge on any atom is 0.0767 e. The van der Waals surface area contributed by atoms with Gasteiger partial charge in [0.1, 0.15) is 0 Å². The molecule has 2 rings (SSSR count). The number of benzene rings is 1. The van der Waals surface area contributed by atoms with Crippen molar-refractivity contribution in [1.82, 2.24) is 9.78 Å². The second kappa shape index (κ2) is 7.00. The summed E-state index contributed by atoms with van der Waals surface area (Å²) in [5.41, 5.74) is 8.90. The SMILES string of the molecule is CCc1nn(CC)c(CSc2ccc(N)cc2Br)c1Br. The molecule has 0 unspecified atom stereocenters. The van der Waals surface area contributed by atoms with Crippen molar-refractivity contribution in [2.24, 2.45) is 0 Å². The van der Waals surface area contributed by atoms with E-state index in [1.807, 2.05) is 18.2 Å². The third-order valence-corrected chi connectivity index (χ3v) is 5.93. The number of aromatic nitrogens is 2. The van der Waals surface area contributed by atoms with Crippen molar-refractivity contribution in [3.8, 4) is 0 Å². The number of nitrogens with two attached hydrogens (primary N) is 1. The predicted octanol–water partition coefficient (Wildman–Crippen LogP) is 4.86. The Labute approximate surface area is 140 Å². The number of hydrogen-bond acceptors (Lipinski definition) is 3. The highest BCUT2D eigenvalue weighted by Gasteiger charge is 2.14. The minimum atomic E-state index is 0.772. The summed E-state index contributed by atoms with van der Waals surface area (Å²) < 4.78 is 4.25. The molecule has 3 nitrogen and oxygen atoms in total. The van der Waals surface area contributed by atoms with Gasteiger partial charge in [0.05, 0.1) is 15.9 Å². The van der Waals surface area contributed by atoms with Crippen LogP contribution in [0.4, 0.5) is 5.69 Å². The lowest BCUT2D eigenvalue weighted by Gasteiger charge is -2.07. The predicted molar refractivity (Wildman–Crippen MR) is 93.1 cm³/mol. The van der Waals surface area contributed by atoms with Crippen LogP contribution in [0, 0.1) is 0 Å². The molecule has 20 heavy (non-hydrogen) atoms. The number of hydrogen-bond donors (Lipinski definition) is 1. The summed E-state index contributed by atoms with van der Waals surface area (Å²) in [6, 6.07) is 5.91. The van der Waals surface area contributed by atoms with Crippen LogP contribution in [0.5, 0.6) is 0 Å². The molecule has 1 aromatic carbocycles. The van der Waals surface area contributed by atoms with E-state index >= 15 is 0 Å². The maximum absolute atomic E-state index is 5.77. The van der Waals surface area contributed by atoms with Crippen LogP contribution in [0.25, 0.3) is 0 Å². The van der Waals surface area contributed by atoms with Gasteiger partial charge in [-0.15, -0.1) is 11.8 Å². The molecule has 0 fully saturated rings. The van der Waals surface area contributed by atoms with Crippen molar-refractivity contribution in [3.63, 3.8) is 0 Å². The van der Waals surface area contributed by atoms with Crippen LogP contribution in [0.1, 0.15) is 25.2 Å². The molecule has 0 saturated heterocycles. The molecule has 1 heterocycles. The molecule has 6 heteroatoms. The van der Waals surface area contributed by atoms with E-state index in [4.69, 9.17) is 5.73 Å². The molecule has 0 amide bonds. The molecule has 0 saturated carbocycles. The molecule has 0 aliphatic rings. The fourth-order valence-corrected chi connectivity index (χ4v) is 4.51. The fourth-order valence-electron chi connectivity index (χ4n) is 1.94. The quantitative estimate of drug-likeness (QED) is 0.556. The van der Waals surface area contributed by atoms with E-state index in [9.17, 15) is 0 Å². The zero-order valence-corrected chi connectivity index (χ0v) is 15.5. The molecule has 2 aromatic rings. The molecule has 0 aliphatic carbocycles. The second-order valence-electron chi connectivity index (χ2n) is 4.36. The summed E-state index contributed by atoms with van der Waals surface area (Å²) in [7, 11) is 0. The van der Waals surface area contributed by atoms with Crippen LogP contribution >= 0.6 is 43.6 Å². The number of thioether (sulfide) groups is 1. The molecule has 0 spiro atoms. The number of nitrogens with zero attached hydrogens (tertiary/aromatic N) is 2. The first-order valence-corrected chi connectivity index (χ1v) is 9.05. The Morgan fingerprint density at radius 1 is 1.30 bits per heavy atom. The lowest BCUT2D eigenvalue weighted by atomic mass is 10.3. The highest BCUT2D eigenvalue weighted by molar-refractivity contribution is 9.10. The van der Waals surface area contributed by atoms with Crippen LogP contribution in [0.3, 0.4) is 0 Å². The van der Waals surface area contributed by atoms with Crippen LogP contribution in [0.2, 0.25) is 0 Å². The molecule has 0 bridgehead atoms. The van der Waals surface area contributed by atoms with Crippen molar-refractivity contribution >= 4 is 49.3 Å². The molecule has 0 atom stereocenters. The first kappa shape index (κ1) is 15.9. The van der Waals surface area contributed by atoms with Crippen molar-refractivity contribution in [3.05, 3.63) is 38.5 Å². The van der Waals surface area contributed by atoms with Gasteiger partial charge in [-0.3, -0.25) is 4.68 Å². The van der Waals surface area contributed by atoms with E-state index in [2.05, 4.69) is 55.5 Å². The Balaban J connectivity index is 2.20. The van der Waals surface area contributed by atoms with E-state index < -0.39 is 0 Å². The number of anilines is 1. The van der Waals surface area contributed by atoms with Gasteiger partial charge in [0.25, 0.3) is 0 Å². The first-order chi connectivity index (χ1) is 9.56. The number of aryl methyl sites for hydroxylation is 2. The van der Waals surface area contributed by atoms with E-state index in [1.165, 1.54) is 10.6 Å². The molecule has 0 radical (unpaired) electrons. The number of halogens is 2. The van der Waals surface area contributed by atoms with Crippen molar-refractivity contribution in [1.29, 1.82) is 0 Å². The summed E-state index contributed by atoms with van der Waals surface area (Å²) in [4.78, 5) is 1.19. The normalized spacial score (nSPS) is 11.0. The van der Waals surface area contributed by atoms with Crippen molar-refractivity contribution < 1.29 is 0 Å². The summed E-state index contributed by atoms with van der Waals surface area (Å²) in [5, 5.41) is 4.62. The lowest BCUT2D eigenvalue weighted by molar-refractivity contribution is 0.627. The number of nitrogen functional groups attached to an aromatic ring is 1. The highest BCUT2D eigenvalue weighted by Crippen LogP contribution is 2.34. The smallest absolute Gasteiger partial charge is 0.0767 e. The molecular weight excluding hydrogens is 402 g/mol. The Bertz CT molecular complexity index is 611. The summed E-state index contributed by atoms with van der Waals surface area (Å²) in [6.07, 6.45) is 0.941. The van der Waals surface area contributed by atoms with Gasteiger partial charge in [-0.25, -0.2) is 0 Å². The Morgan fingerprint density at radius 2 is 2.05 bits per heavy atom. The van der Waals surface area contributed by atoms with Crippen LogP contribution in [-0.4, -0.2) is 9.78 Å². The van der Waals surface area contributed by atoms with Crippen LogP contribution in [0.15, 0.2) is 32.0 Å². The van der Waals surface area contributed by atoms with Gasteiger partial charge in [-0.05, 0) is 63.4 Å². The molecular formula is C14H17Br2N3S. The lowest BCUT2D eigenvalue weighted by Crippen LogP contribution is -2.02. The van der Waals surface area contributed by atoms with E-state index in [0.717, 1.165) is 39.0 Å². The van der Waals surface area contributed by atoms with Crippen molar-refractivity contribution in [2.45, 2.75) is 37.5 Å². The molecule has 0 aliphatic heterocycles. The monoisotopic (exact) mass is 417 g/mol. The van der Waals surface area contributed by atoms with Gasteiger partial charge >= 0.3 is 0 Å². The fraction of sp³-hybridized carbons (Fsp3) is 0.357. The van der Waals surface area contributed by atoms with Gasteiger partial charge in [0.2, 0.25) is 0 Å². The van der Waals surface area contributed by atoms with Crippen LogP contribution in [-0.2, 0) is 18.7 Å². The third kappa shape index (κ3) is 3.40. The Morgan fingerprint density at radius 3 is 2.65 bits per heavy atom. The summed E-state index contributed by atoms with van der Waals surface area (Å²) in [6.45, 7) is 5.13. The minimum absolute atomic E-state index is 0.772. The molecule has 108 valence electrons. The Hall–Kier alpha value is -0.460. The highest BCUT2D eigenvalue weighted by atomic mass is 79.9. The summed E-state index contributed by atoms with van der Waals surface area (Å²) >= 11 is 9.02. The Kier molecular flexibility index (Phi) is 5.57. The van der Waals surface area contributed by atoms with Crippen molar-refractivity contribution in [2.75, 3.05) is 5.73 Å². The summed E-state index contributed by atoms with van der Waals surface area (Å²) in [5.74, 6) is 0.879. The zero-order valence-electron chi connectivity index (χ0n) is 11.5. The van der Waals surface area contributed by atoms with E-state index in [0.29, 0.717) is 0 Å². The van der Waals surface area contributed by atoms with Gasteiger partial charge in [0.15, 0.2) is 0 Å². The van der Waals surface area contributed by atoms with Gasteiger partial charge < -0.3 is 5.73 Å². The average molecular weight is 419 g/mol. The minimum Gasteiger partial charge on any atom is -0.399 e. The average Bonchev–Trinajstić information content (AvgIpc) is 2.74. The second-order valence-corrected chi connectivity index (χ2v) is 7.02.